The Labute approximate surface area is 281 Å². The number of halogens is 2. The van der Waals surface area contributed by atoms with Gasteiger partial charge >= 0.3 is 5.97 Å². The van der Waals surface area contributed by atoms with Gasteiger partial charge in [-0.3, -0.25) is 9.59 Å². The molecule has 49 heavy (non-hydrogen) atoms. The van der Waals surface area contributed by atoms with Crippen molar-refractivity contribution in [2.75, 3.05) is 26.6 Å². The number of pyridine rings is 2. The molecule has 0 aliphatic rings. The predicted octanol–water partition coefficient (Wildman–Crippen LogP) is 7.30. The fraction of sp³-hybridized carbons (Fsp3) is 0.211. The Morgan fingerprint density at radius 1 is 0.878 bits per heavy atom. The molecule has 0 fully saturated rings. The molecule has 0 atom stereocenters. The number of carbonyl (C=O) groups is 2. The van der Waals surface area contributed by atoms with Gasteiger partial charge in [-0.05, 0) is 73.9 Å². The summed E-state index contributed by atoms with van der Waals surface area (Å²) in [4.78, 5) is 45.0. The van der Waals surface area contributed by atoms with Crippen LogP contribution in [0.1, 0.15) is 53.2 Å². The molecule has 252 valence electrons. The van der Waals surface area contributed by atoms with Crippen molar-refractivity contribution >= 4 is 17.6 Å². The molecule has 5 rings (SSSR count). The number of nitrogens with two attached hydrogens (primary N) is 1. The summed E-state index contributed by atoms with van der Waals surface area (Å²) in [7, 11) is 3.06. The van der Waals surface area contributed by atoms with E-state index in [1.165, 1.54) is 49.2 Å². The van der Waals surface area contributed by atoms with E-state index in [0.29, 0.717) is 28.2 Å². The number of benzene rings is 3. The molecule has 0 amide bonds. The van der Waals surface area contributed by atoms with Crippen LogP contribution < -0.4 is 20.6 Å². The summed E-state index contributed by atoms with van der Waals surface area (Å²) in [6.45, 7) is 5.25. The van der Waals surface area contributed by atoms with Crippen LogP contribution in [-0.4, -0.2) is 42.1 Å². The topological polar surface area (TPSA) is 123 Å². The van der Waals surface area contributed by atoms with E-state index in [1.807, 2.05) is 6.07 Å². The molecule has 0 aliphatic carbocycles. The number of ketones is 1. The first-order valence-corrected chi connectivity index (χ1v) is 15.5. The zero-order chi connectivity index (χ0) is 35.4. The minimum absolute atomic E-state index is 0.0538. The minimum Gasteiger partial charge on any atom is -0.493 e. The SMILES string of the molecule is CCOC(=O)c1c(-c2ccc(F)cc2)c(=O)c(C(=O)Cc2ccc(-c3cc(-c4ccc(OC)c(OC)c4)cnc3N)c(F)c2)cn1C(C)C. The lowest BCUT2D eigenvalue weighted by atomic mass is 9.95. The number of nitrogens with zero attached hydrogens (tertiary/aromatic N) is 2. The van der Waals surface area contributed by atoms with Crippen molar-refractivity contribution < 1.29 is 32.6 Å². The van der Waals surface area contributed by atoms with Gasteiger partial charge in [0.05, 0.1) is 32.0 Å². The Balaban J connectivity index is 1.52. The van der Waals surface area contributed by atoms with Crippen LogP contribution in [0.25, 0.3) is 33.4 Å². The highest BCUT2D eigenvalue weighted by Crippen LogP contribution is 2.36. The Bertz CT molecular complexity index is 2110. The first-order valence-electron chi connectivity index (χ1n) is 15.5. The van der Waals surface area contributed by atoms with Crippen LogP contribution in [0.2, 0.25) is 0 Å². The van der Waals surface area contributed by atoms with Gasteiger partial charge in [0.15, 0.2) is 17.3 Å². The van der Waals surface area contributed by atoms with Gasteiger partial charge in [0.2, 0.25) is 5.43 Å². The number of carbonyl (C=O) groups excluding carboxylic acids is 2. The van der Waals surface area contributed by atoms with E-state index in [1.54, 1.807) is 51.2 Å². The number of rotatable bonds is 11. The van der Waals surface area contributed by atoms with E-state index >= 15 is 4.39 Å². The van der Waals surface area contributed by atoms with E-state index in [4.69, 9.17) is 19.9 Å². The largest absolute Gasteiger partial charge is 0.493 e. The normalized spacial score (nSPS) is 11.0. The quantitative estimate of drug-likeness (QED) is 0.115. The van der Waals surface area contributed by atoms with Gasteiger partial charge in [0.25, 0.3) is 0 Å². The van der Waals surface area contributed by atoms with Crippen molar-refractivity contribution in [1.82, 2.24) is 9.55 Å². The zero-order valence-corrected chi connectivity index (χ0v) is 27.7. The molecular weight excluding hydrogens is 632 g/mol. The van der Waals surface area contributed by atoms with Crippen LogP contribution in [0.15, 0.2) is 83.9 Å². The predicted molar refractivity (Wildman–Crippen MR) is 183 cm³/mol. The molecular formula is C38H35F2N3O6. The number of esters is 1. The molecule has 0 aliphatic heterocycles. The maximum Gasteiger partial charge on any atom is 0.355 e. The number of aromatic nitrogens is 2. The van der Waals surface area contributed by atoms with Gasteiger partial charge < -0.3 is 24.5 Å². The molecule has 0 radical (unpaired) electrons. The minimum atomic E-state index is -0.756. The number of ether oxygens (including phenoxy) is 3. The molecule has 9 nitrogen and oxygen atoms in total. The average Bonchev–Trinajstić information content (AvgIpc) is 3.08. The number of Topliss-reactive ketones (excluding diaryl/α,β-unsaturated/α-hetero) is 1. The summed E-state index contributed by atoms with van der Waals surface area (Å²) >= 11 is 0. The number of methoxy groups -OCH3 is 2. The Morgan fingerprint density at radius 2 is 1.57 bits per heavy atom. The lowest BCUT2D eigenvalue weighted by molar-refractivity contribution is 0.0511. The van der Waals surface area contributed by atoms with E-state index in [2.05, 4.69) is 4.98 Å². The second-order valence-electron chi connectivity index (χ2n) is 11.5. The van der Waals surface area contributed by atoms with Crippen molar-refractivity contribution in [3.05, 3.63) is 118 Å². The number of nitrogen functional groups attached to an aromatic ring is 1. The van der Waals surface area contributed by atoms with E-state index in [-0.39, 0.29) is 52.8 Å². The summed E-state index contributed by atoms with van der Waals surface area (Å²) in [6, 6.07) is 16.0. The van der Waals surface area contributed by atoms with Gasteiger partial charge in [-0.15, -0.1) is 0 Å². The molecule has 2 heterocycles. The van der Waals surface area contributed by atoms with Crippen molar-refractivity contribution in [2.45, 2.75) is 33.2 Å². The Kier molecular flexibility index (Phi) is 10.2. The van der Waals surface area contributed by atoms with Crippen molar-refractivity contribution in [3.63, 3.8) is 0 Å². The lowest BCUT2D eigenvalue weighted by Crippen LogP contribution is -2.28. The molecule has 3 aromatic carbocycles. The lowest BCUT2D eigenvalue weighted by Gasteiger charge is -2.21. The van der Waals surface area contributed by atoms with Crippen LogP contribution >= 0.6 is 0 Å². The fourth-order valence-corrected chi connectivity index (χ4v) is 5.56. The number of hydrogen-bond donors (Lipinski definition) is 1. The number of anilines is 1. The standard InChI is InChI=1S/C38H35F2N3O6/c1-6-49-38(46)35-34(23-8-11-26(39)12-9-23)36(45)29(20-43(35)21(2)3)31(44)16-22-7-13-27(30(40)15-22)28-17-25(19-42-37(28)41)24-10-14-32(47-4)33(18-24)48-5/h7-15,17-21H,6,16H2,1-5H3,(H2,41,42). The average molecular weight is 668 g/mol. The maximum absolute atomic E-state index is 15.7. The van der Waals surface area contributed by atoms with Gasteiger partial charge in [0, 0.05) is 41.5 Å². The molecule has 2 aromatic heterocycles. The number of hydrogen-bond acceptors (Lipinski definition) is 8. The molecule has 0 saturated carbocycles. The van der Waals surface area contributed by atoms with Crippen molar-refractivity contribution in [1.29, 1.82) is 0 Å². The van der Waals surface area contributed by atoms with Crippen molar-refractivity contribution in [3.8, 4) is 44.9 Å². The third-order valence-corrected chi connectivity index (χ3v) is 8.02. The maximum atomic E-state index is 15.7. The molecule has 0 unspecified atom stereocenters. The van der Waals surface area contributed by atoms with Crippen LogP contribution in [0, 0.1) is 11.6 Å². The smallest absolute Gasteiger partial charge is 0.355 e. The summed E-state index contributed by atoms with van der Waals surface area (Å²) in [5.41, 5.74) is 7.58. The molecule has 11 heteroatoms. The molecule has 5 aromatic rings. The summed E-state index contributed by atoms with van der Waals surface area (Å²) in [5.74, 6) is -1.36. The third kappa shape index (κ3) is 7.06. The second-order valence-corrected chi connectivity index (χ2v) is 11.5. The highest BCUT2D eigenvalue weighted by molar-refractivity contribution is 6.01. The van der Waals surface area contributed by atoms with E-state index in [9.17, 15) is 18.8 Å². The summed E-state index contributed by atoms with van der Waals surface area (Å²) in [5, 5.41) is 0. The van der Waals surface area contributed by atoms with Gasteiger partial charge in [-0.1, -0.05) is 30.3 Å². The first-order chi connectivity index (χ1) is 23.5. The van der Waals surface area contributed by atoms with Crippen molar-refractivity contribution in [2.24, 2.45) is 0 Å². The van der Waals surface area contributed by atoms with Gasteiger partial charge in [-0.25, -0.2) is 18.6 Å². The summed E-state index contributed by atoms with van der Waals surface area (Å²) in [6.07, 6.45) is 2.58. The zero-order valence-electron chi connectivity index (χ0n) is 27.7. The van der Waals surface area contributed by atoms with E-state index in [0.717, 1.165) is 17.7 Å². The van der Waals surface area contributed by atoms with Crippen LogP contribution in [0.4, 0.5) is 14.6 Å². The molecule has 0 spiro atoms. The first kappa shape index (κ1) is 34.5. The highest BCUT2D eigenvalue weighted by atomic mass is 19.1. The molecule has 0 bridgehead atoms. The van der Waals surface area contributed by atoms with E-state index < -0.39 is 28.8 Å². The molecule has 0 saturated heterocycles. The third-order valence-electron chi connectivity index (χ3n) is 8.02. The van der Waals surface area contributed by atoms with Crippen LogP contribution in [-0.2, 0) is 11.2 Å². The summed E-state index contributed by atoms with van der Waals surface area (Å²) < 4.78 is 47.0. The second kappa shape index (κ2) is 14.5. The Hall–Kier alpha value is -5.84. The fourth-order valence-electron chi connectivity index (χ4n) is 5.56. The monoisotopic (exact) mass is 667 g/mol. The van der Waals surface area contributed by atoms with Gasteiger partial charge in [0.1, 0.15) is 23.1 Å². The highest BCUT2D eigenvalue weighted by Gasteiger charge is 2.27. The van der Waals surface area contributed by atoms with Gasteiger partial charge in [-0.2, -0.15) is 0 Å². The molecule has 2 N–H and O–H groups in total. The Morgan fingerprint density at radius 3 is 2.20 bits per heavy atom. The van der Waals surface area contributed by atoms with Crippen LogP contribution in [0.3, 0.4) is 0 Å². The van der Waals surface area contributed by atoms with Crippen LogP contribution in [0.5, 0.6) is 11.5 Å².